The molecular weight excluding hydrogens is 324 g/mol. The van der Waals surface area contributed by atoms with E-state index in [1.54, 1.807) is 11.3 Å². The molecule has 2 heterocycles. The number of aryl methyl sites for hydroxylation is 3. The Labute approximate surface area is 126 Å². The van der Waals surface area contributed by atoms with Crippen LogP contribution in [0.15, 0.2) is 10.7 Å². The molecule has 0 saturated carbocycles. The topological polar surface area (TPSA) is 42.7 Å². The summed E-state index contributed by atoms with van der Waals surface area (Å²) in [6.07, 6.45) is 3.03. The third-order valence-electron chi connectivity index (χ3n) is 3.13. The summed E-state index contributed by atoms with van der Waals surface area (Å²) in [4.78, 5) is 5.81. The van der Waals surface area contributed by atoms with Crippen LogP contribution >= 0.6 is 27.3 Å². The highest BCUT2D eigenvalue weighted by molar-refractivity contribution is 9.10. The van der Waals surface area contributed by atoms with Crippen molar-refractivity contribution in [1.82, 2.24) is 20.1 Å². The van der Waals surface area contributed by atoms with Crippen molar-refractivity contribution < 1.29 is 0 Å². The second-order valence-electron chi connectivity index (χ2n) is 4.59. The molecule has 0 fully saturated rings. The maximum atomic E-state index is 4.47. The molecule has 0 aromatic carbocycles. The maximum Gasteiger partial charge on any atom is 0.109 e. The monoisotopic (exact) mass is 342 g/mol. The van der Waals surface area contributed by atoms with Gasteiger partial charge in [-0.05, 0) is 36.2 Å². The van der Waals surface area contributed by atoms with Gasteiger partial charge in [-0.25, -0.2) is 4.98 Å². The van der Waals surface area contributed by atoms with Crippen LogP contribution in [0.1, 0.15) is 41.2 Å². The maximum absolute atomic E-state index is 4.47. The highest BCUT2D eigenvalue weighted by Crippen LogP contribution is 2.23. The molecule has 0 amide bonds. The van der Waals surface area contributed by atoms with Crippen LogP contribution in [0.5, 0.6) is 0 Å². The second-order valence-corrected chi connectivity index (χ2v) is 6.53. The number of nitrogens with one attached hydrogen (secondary N) is 1. The Balaban J connectivity index is 2.02. The van der Waals surface area contributed by atoms with Gasteiger partial charge in [0, 0.05) is 24.7 Å². The average Bonchev–Trinajstić information content (AvgIpc) is 2.94. The van der Waals surface area contributed by atoms with E-state index in [9.17, 15) is 0 Å². The first-order chi connectivity index (χ1) is 9.02. The third kappa shape index (κ3) is 3.24. The fourth-order valence-corrected chi connectivity index (χ4v) is 3.26. The molecule has 2 aromatic rings. The first kappa shape index (κ1) is 14.7. The molecule has 0 spiro atoms. The molecule has 104 valence electrons. The predicted molar refractivity (Wildman–Crippen MR) is 82.4 cm³/mol. The molecule has 1 unspecified atom stereocenters. The van der Waals surface area contributed by atoms with E-state index in [1.165, 1.54) is 4.88 Å². The molecule has 0 aliphatic heterocycles. The van der Waals surface area contributed by atoms with Crippen LogP contribution in [0.2, 0.25) is 0 Å². The summed E-state index contributed by atoms with van der Waals surface area (Å²) in [5.74, 6) is 0. The number of hydrogen-bond acceptors (Lipinski definition) is 4. The van der Waals surface area contributed by atoms with Gasteiger partial charge < -0.3 is 5.32 Å². The van der Waals surface area contributed by atoms with Gasteiger partial charge in [-0.1, -0.05) is 6.92 Å². The molecule has 4 nitrogen and oxygen atoms in total. The fraction of sp³-hybridized carbons (Fsp3) is 0.538. The molecule has 0 bridgehead atoms. The Kier molecular flexibility index (Phi) is 4.76. The van der Waals surface area contributed by atoms with E-state index in [0.717, 1.165) is 33.8 Å². The van der Waals surface area contributed by atoms with Gasteiger partial charge in [0.2, 0.25) is 0 Å². The third-order valence-corrected chi connectivity index (χ3v) is 5.48. The highest BCUT2D eigenvalue weighted by Gasteiger charge is 2.14. The van der Waals surface area contributed by atoms with Crippen molar-refractivity contribution in [2.24, 2.45) is 7.05 Å². The van der Waals surface area contributed by atoms with Gasteiger partial charge in [0.25, 0.3) is 0 Å². The molecule has 19 heavy (non-hydrogen) atoms. The van der Waals surface area contributed by atoms with E-state index in [4.69, 9.17) is 0 Å². The second kappa shape index (κ2) is 6.15. The molecule has 1 atom stereocenters. The Morgan fingerprint density at radius 3 is 2.79 bits per heavy atom. The van der Waals surface area contributed by atoms with E-state index in [1.807, 2.05) is 24.9 Å². The van der Waals surface area contributed by atoms with Crippen LogP contribution in [-0.2, 0) is 20.0 Å². The lowest BCUT2D eigenvalue weighted by molar-refractivity contribution is 0.545. The molecule has 2 aromatic heterocycles. The first-order valence-corrected chi connectivity index (χ1v) is 7.99. The SMILES string of the molecule is CCc1cnc(C(C)NCc2c(Br)c(C)nn2C)s1. The van der Waals surface area contributed by atoms with E-state index >= 15 is 0 Å². The Morgan fingerprint density at radius 1 is 1.53 bits per heavy atom. The zero-order valence-electron chi connectivity index (χ0n) is 11.7. The van der Waals surface area contributed by atoms with Crippen molar-refractivity contribution in [3.63, 3.8) is 0 Å². The first-order valence-electron chi connectivity index (χ1n) is 6.38. The molecule has 0 saturated heterocycles. The lowest BCUT2D eigenvalue weighted by atomic mass is 10.3. The lowest BCUT2D eigenvalue weighted by Gasteiger charge is -2.11. The minimum Gasteiger partial charge on any atom is -0.302 e. The van der Waals surface area contributed by atoms with Gasteiger partial charge in [0.05, 0.1) is 21.9 Å². The van der Waals surface area contributed by atoms with E-state index in [2.05, 4.69) is 45.2 Å². The van der Waals surface area contributed by atoms with Crippen molar-refractivity contribution in [2.45, 2.75) is 39.8 Å². The summed E-state index contributed by atoms with van der Waals surface area (Å²) in [6.45, 7) is 7.09. The number of rotatable bonds is 5. The minimum atomic E-state index is 0.257. The van der Waals surface area contributed by atoms with Gasteiger partial charge in [0.1, 0.15) is 5.01 Å². The molecule has 0 aliphatic carbocycles. The Morgan fingerprint density at radius 2 is 2.26 bits per heavy atom. The number of hydrogen-bond donors (Lipinski definition) is 1. The smallest absolute Gasteiger partial charge is 0.109 e. The Bertz CT molecular complexity index is 561. The van der Waals surface area contributed by atoms with Crippen molar-refractivity contribution >= 4 is 27.3 Å². The summed E-state index contributed by atoms with van der Waals surface area (Å²) >= 11 is 5.37. The van der Waals surface area contributed by atoms with Crippen LogP contribution in [0.3, 0.4) is 0 Å². The van der Waals surface area contributed by atoms with Gasteiger partial charge in [-0.15, -0.1) is 11.3 Å². The minimum absolute atomic E-state index is 0.257. The summed E-state index contributed by atoms with van der Waals surface area (Å²) < 4.78 is 3.00. The number of halogens is 1. The zero-order chi connectivity index (χ0) is 14.0. The van der Waals surface area contributed by atoms with E-state index in [0.29, 0.717) is 0 Å². The standard InChI is InChI=1S/C13H19BrN4S/c1-5-10-6-16-13(19-10)9(3)15-7-11-12(14)8(2)17-18(11)4/h6,9,15H,5,7H2,1-4H3. The molecule has 6 heteroatoms. The average molecular weight is 343 g/mol. The van der Waals surface area contributed by atoms with Crippen LogP contribution in [0.25, 0.3) is 0 Å². The summed E-state index contributed by atoms with van der Waals surface area (Å²) in [7, 11) is 1.97. The molecule has 1 N–H and O–H groups in total. The fourth-order valence-electron chi connectivity index (χ4n) is 1.90. The van der Waals surface area contributed by atoms with Crippen molar-refractivity contribution in [3.8, 4) is 0 Å². The molecule has 0 aliphatic rings. The number of nitrogens with zero attached hydrogens (tertiary/aromatic N) is 3. The largest absolute Gasteiger partial charge is 0.302 e. The summed E-state index contributed by atoms with van der Waals surface area (Å²) in [5, 5.41) is 9.05. The summed E-state index contributed by atoms with van der Waals surface area (Å²) in [5.41, 5.74) is 2.19. The zero-order valence-corrected chi connectivity index (χ0v) is 14.1. The molecular formula is C13H19BrN4S. The lowest BCUT2D eigenvalue weighted by Crippen LogP contribution is -2.19. The van der Waals surface area contributed by atoms with Crippen LogP contribution in [-0.4, -0.2) is 14.8 Å². The number of thiazole rings is 1. The molecule has 2 rings (SSSR count). The summed E-state index contributed by atoms with van der Waals surface area (Å²) in [6, 6.07) is 0.257. The highest BCUT2D eigenvalue weighted by atomic mass is 79.9. The van der Waals surface area contributed by atoms with Gasteiger partial charge >= 0.3 is 0 Å². The number of aromatic nitrogens is 3. The van der Waals surface area contributed by atoms with Crippen LogP contribution in [0.4, 0.5) is 0 Å². The van der Waals surface area contributed by atoms with Gasteiger partial charge in [-0.3, -0.25) is 4.68 Å². The van der Waals surface area contributed by atoms with Gasteiger partial charge in [-0.2, -0.15) is 5.10 Å². The van der Waals surface area contributed by atoms with Crippen molar-refractivity contribution in [2.75, 3.05) is 0 Å². The van der Waals surface area contributed by atoms with E-state index < -0.39 is 0 Å². The molecule has 0 radical (unpaired) electrons. The van der Waals surface area contributed by atoms with Crippen LogP contribution in [0, 0.1) is 6.92 Å². The Hall–Kier alpha value is -0.720. The normalized spacial score (nSPS) is 12.9. The van der Waals surface area contributed by atoms with Gasteiger partial charge in [0.15, 0.2) is 0 Å². The van der Waals surface area contributed by atoms with E-state index in [-0.39, 0.29) is 6.04 Å². The van der Waals surface area contributed by atoms with Crippen molar-refractivity contribution in [1.29, 1.82) is 0 Å². The van der Waals surface area contributed by atoms with Crippen LogP contribution < -0.4 is 5.32 Å². The van der Waals surface area contributed by atoms with Crippen molar-refractivity contribution in [3.05, 3.63) is 31.9 Å². The quantitative estimate of drug-likeness (QED) is 0.905. The predicted octanol–water partition coefficient (Wildman–Crippen LogP) is 3.36.